The third-order valence-corrected chi connectivity index (χ3v) is 7.54. The molecule has 2 heterocycles. The van der Waals surface area contributed by atoms with Gasteiger partial charge in [-0.3, -0.25) is 9.78 Å². The first-order valence-corrected chi connectivity index (χ1v) is 14.1. The maximum Gasteiger partial charge on any atom is 0.251 e. The standard InChI is InChI=1S/C31H33F2N4O3P/c1-16-11-19-12-20(13-26(28(19)37-36-16)40-21-7-8-21)30(38)34-15-23(29(32)33)25-14-24(31(3,4)39)17(2)27(35-25)18-5-9-22(41)10-6-18/h5-6,9-14,21,23,29,39H,7-8,15,41H2,1-4H3,(H,34,38). The van der Waals surface area contributed by atoms with Gasteiger partial charge in [-0.1, -0.05) is 24.3 Å². The number of ether oxygens (including phenoxy) is 1. The summed E-state index contributed by atoms with van der Waals surface area (Å²) in [6, 6.07) is 14.1. The number of hydrogen-bond acceptors (Lipinski definition) is 6. The lowest BCUT2D eigenvalue weighted by Crippen LogP contribution is -2.32. The molecule has 1 amide bonds. The maximum atomic E-state index is 14.5. The molecule has 0 bridgehead atoms. The fourth-order valence-corrected chi connectivity index (χ4v) is 5.01. The van der Waals surface area contributed by atoms with E-state index in [1.54, 1.807) is 39.0 Å². The lowest BCUT2D eigenvalue weighted by atomic mass is 9.89. The van der Waals surface area contributed by atoms with Crippen molar-refractivity contribution >= 4 is 31.4 Å². The van der Waals surface area contributed by atoms with Crippen LogP contribution in [-0.4, -0.2) is 45.3 Å². The van der Waals surface area contributed by atoms with E-state index in [2.05, 4.69) is 29.7 Å². The second-order valence-corrected chi connectivity index (χ2v) is 11.8. The van der Waals surface area contributed by atoms with Gasteiger partial charge >= 0.3 is 0 Å². The summed E-state index contributed by atoms with van der Waals surface area (Å²) in [5.41, 5.74) is 2.76. The van der Waals surface area contributed by atoms with Crippen LogP contribution < -0.4 is 15.4 Å². The van der Waals surface area contributed by atoms with E-state index in [1.165, 1.54) is 6.07 Å². The van der Waals surface area contributed by atoms with E-state index < -0.39 is 23.9 Å². The van der Waals surface area contributed by atoms with Gasteiger partial charge in [0.15, 0.2) is 0 Å². The number of fused-ring (bicyclic) bond motifs is 1. The highest BCUT2D eigenvalue weighted by Crippen LogP contribution is 2.35. The number of aryl methyl sites for hydroxylation is 1. The SMILES string of the molecule is Cc1cc2cc(C(=O)NCC(c3cc(C(C)(C)O)c(C)c(-c4ccc(P)cc4)n3)C(F)F)cc(OC3CC3)c2nn1. The van der Waals surface area contributed by atoms with Gasteiger partial charge in [0.1, 0.15) is 11.3 Å². The van der Waals surface area contributed by atoms with Crippen molar-refractivity contribution < 1.29 is 23.4 Å². The Morgan fingerprint density at radius 1 is 1.12 bits per heavy atom. The van der Waals surface area contributed by atoms with Crippen LogP contribution >= 0.6 is 9.24 Å². The van der Waals surface area contributed by atoms with Crippen molar-refractivity contribution in [3.63, 3.8) is 0 Å². The number of halogens is 2. The highest BCUT2D eigenvalue weighted by molar-refractivity contribution is 7.27. The number of nitrogens with one attached hydrogen (secondary N) is 1. The second kappa shape index (κ2) is 11.4. The van der Waals surface area contributed by atoms with Gasteiger partial charge in [0, 0.05) is 23.1 Å². The quantitative estimate of drug-likeness (QED) is 0.260. The third-order valence-electron chi connectivity index (χ3n) is 7.16. The Labute approximate surface area is 240 Å². The first-order chi connectivity index (χ1) is 19.4. The van der Waals surface area contributed by atoms with Crippen LogP contribution in [0.25, 0.3) is 22.2 Å². The van der Waals surface area contributed by atoms with E-state index in [0.717, 1.165) is 23.7 Å². The van der Waals surface area contributed by atoms with Gasteiger partial charge in [0.2, 0.25) is 6.43 Å². The average Bonchev–Trinajstić information content (AvgIpc) is 3.72. The molecule has 1 aliphatic carbocycles. The number of benzene rings is 2. The number of rotatable bonds is 9. The van der Waals surface area contributed by atoms with E-state index in [9.17, 15) is 18.7 Å². The predicted molar refractivity (Wildman–Crippen MR) is 158 cm³/mol. The molecule has 41 heavy (non-hydrogen) atoms. The topological polar surface area (TPSA) is 97.2 Å². The second-order valence-electron chi connectivity index (χ2n) is 11.1. The third kappa shape index (κ3) is 6.52. The van der Waals surface area contributed by atoms with Crippen LogP contribution in [0.3, 0.4) is 0 Å². The van der Waals surface area contributed by atoms with Gasteiger partial charge in [-0.25, -0.2) is 8.78 Å². The Morgan fingerprint density at radius 3 is 2.46 bits per heavy atom. The van der Waals surface area contributed by atoms with E-state index in [-0.39, 0.29) is 23.9 Å². The van der Waals surface area contributed by atoms with Crippen molar-refractivity contribution in [2.75, 3.05) is 6.54 Å². The molecular formula is C31H33F2N4O3P. The summed E-state index contributed by atoms with van der Waals surface area (Å²) in [6.45, 7) is 6.49. The van der Waals surface area contributed by atoms with Gasteiger partial charge in [0.05, 0.1) is 34.7 Å². The zero-order valence-corrected chi connectivity index (χ0v) is 24.6. The molecule has 0 radical (unpaired) electrons. The molecule has 2 aromatic heterocycles. The highest BCUT2D eigenvalue weighted by atomic mass is 31.0. The Bertz CT molecular complexity index is 1600. The van der Waals surface area contributed by atoms with E-state index in [0.29, 0.717) is 39.2 Å². The first kappa shape index (κ1) is 29.0. The monoisotopic (exact) mass is 578 g/mol. The summed E-state index contributed by atoms with van der Waals surface area (Å²) in [4.78, 5) is 17.9. The average molecular weight is 579 g/mol. The van der Waals surface area contributed by atoms with Gasteiger partial charge in [0.25, 0.3) is 5.91 Å². The van der Waals surface area contributed by atoms with Gasteiger partial charge in [-0.2, -0.15) is 5.10 Å². The van der Waals surface area contributed by atoms with Crippen LogP contribution in [0.15, 0.2) is 48.5 Å². The van der Waals surface area contributed by atoms with Crippen LogP contribution in [0, 0.1) is 13.8 Å². The number of alkyl halides is 2. The first-order valence-electron chi connectivity index (χ1n) is 13.5. The molecule has 5 rings (SSSR count). The molecule has 10 heteroatoms. The van der Waals surface area contributed by atoms with E-state index >= 15 is 0 Å². The Kier molecular flexibility index (Phi) is 8.04. The van der Waals surface area contributed by atoms with Crippen molar-refractivity contribution in [1.29, 1.82) is 0 Å². The number of hydrogen-bond donors (Lipinski definition) is 2. The van der Waals surface area contributed by atoms with Crippen molar-refractivity contribution in [2.24, 2.45) is 0 Å². The molecule has 2 N–H and O–H groups in total. The van der Waals surface area contributed by atoms with Crippen molar-refractivity contribution in [1.82, 2.24) is 20.5 Å². The van der Waals surface area contributed by atoms with Crippen LogP contribution in [0.1, 0.15) is 65.5 Å². The van der Waals surface area contributed by atoms with Gasteiger partial charge in [-0.15, -0.1) is 14.3 Å². The van der Waals surface area contributed by atoms with Crippen molar-refractivity contribution in [2.45, 2.75) is 64.6 Å². The number of aromatic nitrogens is 3. The molecule has 214 valence electrons. The van der Waals surface area contributed by atoms with Crippen LogP contribution in [-0.2, 0) is 5.60 Å². The van der Waals surface area contributed by atoms with Crippen LogP contribution in [0.5, 0.6) is 5.75 Å². The Morgan fingerprint density at radius 2 is 1.83 bits per heavy atom. The van der Waals surface area contributed by atoms with Crippen LogP contribution in [0.4, 0.5) is 8.78 Å². The zero-order valence-electron chi connectivity index (χ0n) is 23.4. The molecule has 2 atom stereocenters. The van der Waals surface area contributed by atoms with Crippen molar-refractivity contribution in [3.8, 4) is 17.0 Å². The normalized spacial score (nSPS) is 14.4. The van der Waals surface area contributed by atoms with E-state index in [1.807, 2.05) is 31.2 Å². The molecule has 7 nitrogen and oxygen atoms in total. The van der Waals surface area contributed by atoms with E-state index in [4.69, 9.17) is 4.74 Å². The largest absolute Gasteiger partial charge is 0.488 e. The molecule has 0 aliphatic heterocycles. The fourth-order valence-electron chi connectivity index (χ4n) is 4.82. The fraction of sp³-hybridized carbons (Fsp3) is 0.355. The number of carbonyl (C=O) groups excluding carboxylic acids is 1. The molecule has 0 saturated heterocycles. The number of aliphatic hydroxyl groups is 1. The Hall–Kier alpha value is -3.55. The lowest BCUT2D eigenvalue weighted by Gasteiger charge is -2.25. The molecule has 2 unspecified atom stereocenters. The summed E-state index contributed by atoms with van der Waals surface area (Å²) in [5, 5.41) is 23.6. The van der Waals surface area contributed by atoms with Crippen LogP contribution in [0.2, 0.25) is 0 Å². The molecule has 1 fully saturated rings. The number of pyridine rings is 1. The smallest absolute Gasteiger partial charge is 0.251 e. The van der Waals surface area contributed by atoms with Gasteiger partial charge < -0.3 is 15.2 Å². The summed E-state index contributed by atoms with van der Waals surface area (Å²) < 4.78 is 35.0. The summed E-state index contributed by atoms with van der Waals surface area (Å²) >= 11 is 0. The number of carbonyl (C=O) groups is 1. The minimum absolute atomic E-state index is 0.0712. The minimum atomic E-state index is -2.81. The maximum absolute atomic E-state index is 14.5. The Balaban J connectivity index is 1.47. The summed E-state index contributed by atoms with van der Waals surface area (Å²) in [5.74, 6) is -1.47. The lowest BCUT2D eigenvalue weighted by molar-refractivity contribution is 0.0766. The summed E-state index contributed by atoms with van der Waals surface area (Å²) in [7, 11) is 2.61. The highest BCUT2D eigenvalue weighted by Gasteiger charge is 2.30. The minimum Gasteiger partial charge on any atom is -0.488 e. The molecule has 1 saturated carbocycles. The molecule has 2 aromatic carbocycles. The predicted octanol–water partition coefficient (Wildman–Crippen LogP) is 5.36. The zero-order chi connectivity index (χ0) is 29.5. The number of nitrogens with zero attached hydrogens (tertiary/aromatic N) is 3. The molecule has 0 spiro atoms. The molecule has 4 aromatic rings. The van der Waals surface area contributed by atoms with Gasteiger partial charge in [-0.05, 0) is 81.2 Å². The van der Waals surface area contributed by atoms with Crippen molar-refractivity contribution in [3.05, 3.63) is 76.6 Å². The molecular weight excluding hydrogens is 545 g/mol. The molecule has 1 aliphatic rings. The number of amides is 1. The summed E-state index contributed by atoms with van der Waals surface area (Å²) in [6.07, 6.45) is -0.896.